The van der Waals surface area contributed by atoms with Crippen LogP contribution in [0, 0.1) is 0 Å². The second kappa shape index (κ2) is 18.5. The molecule has 1 aliphatic carbocycles. The van der Waals surface area contributed by atoms with Crippen LogP contribution in [-0.2, 0) is 28.1 Å². The molecule has 4 nitrogen and oxygen atoms in total. The summed E-state index contributed by atoms with van der Waals surface area (Å²) in [6.45, 7) is 27.3. The molecule has 1 unspecified atom stereocenters. The molecule has 0 amide bonds. The number of para-hydroxylation sites is 2. The van der Waals surface area contributed by atoms with Crippen molar-refractivity contribution in [1.29, 1.82) is 0 Å². The fourth-order valence-electron chi connectivity index (χ4n) is 17.2. The molecular formula is C88H75BN4. The predicted octanol–water partition coefficient (Wildman–Crippen LogP) is 21.8. The molecule has 1 atom stereocenters. The van der Waals surface area contributed by atoms with Gasteiger partial charge in [-0.2, -0.15) is 0 Å². The highest BCUT2D eigenvalue weighted by Gasteiger charge is 2.49. The fourth-order valence-corrected chi connectivity index (χ4v) is 17.2. The molecule has 0 fully saturated rings. The van der Waals surface area contributed by atoms with E-state index in [1.54, 1.807) is 0 Å². The molecule has 0 radical (unpaired) electrons. The Morgan fingerprint density at radius 2 is 0.849 bits per heavy atom. The zero-order chi connectivity index (χ0) is 67.6. The quantitative estimate of drug-likeness (QED) is 0.154. The summed E-state index contributed by atoms with van der Waals surface area (Å²) in [6.07, 6.45) is 0.670. The van der Waals surface area contributed by atoms with Gasteiger partial charge >= 0.3 is 0 Å². The van der Waals surface area contributed by atoms with Gasteiger partial charge in [-0.05, 0) is 166 Å². The predicted molar refractivity (Wildman–Crippen MR) is 400 cm³/mol. The van der Waals surface area contributed by atoms with Crippen LogP contribution in [0.2, 0.25) is 0 Å². The van der Waals surface area contributed by atoms with E-state index < -0.39 is 6.04 Å². The van der Waals surface area contributed by atoms with E-state index in [9.17, 15) is 5.48 Å². The van der Waals surface area contributed by atoms with Gasteiger partial charge in [-0.25, -0.2) is 0 Å². The van der Waals surface area contributed by atoms with Crippen molar-refractivity contribution in [2.45, 2.75) is 117 Å². The molecule has 5 aromatic heterocycles. The maximum atomic E-state index is 9.76. The third-order valence-corrected chi connectivity index (χ3v) is 21.8. The van der Waals surface area contributed by atoms with Crippen LogP contribution in [0.3, 0.4) is 0 Å². The Kier molecular flexibility index (Phi) is 9.90. The Labute approximate surface area is 550 Å². The number of hydrogen-bond donors (Lipinski definition) is 0. The van der Waals surface area contributed by atoms with Crippen molar-refractivity contribution in [2.75, 3.05) is 0 Å². The number of hydrogen-bond acceptors (Lipinski definition) is 0. The second-order valence-electron chi connectivity index (χ2n) is 31.3. The first-order valence-corrected chi connectivity index (χ1v) is 33.4. The monoisotopic (exact) mass is 1200 g/mol. The van der Waals surface area contributed by atoms with Crippen LogP contribution in [0.25, 0.3) is 137 Å². The molecule has 3 aliphatic rings. The van der Waals surface area contributed by atoms with Crippen LogP contribution in [0.15, 0.2) is 224 Å². The molecule has 5 heteroatoms. The van der Waals surface area contributed by atoms with Gasteiger partial charge in [-0.3, -0.25) is 0 Å². The van der Waals surface area contributed by atoms with Gasteiger partial charge in [0.25, 0.3) is 0 Å². The Morgan fingerprint density at radius 3 is 1.47 bits per heavy atom. The number of nitrogens with zero attached hydrogens (tertiary/aromatic N) is 4. The SMILES string of the molecule is [2H]c1c([2H])c([2H])c(-c2cc3c4c(c2)c2cc(-n5c6ccc(C(C)(C)C)cc6c6cc(C(C)(C)C)ccc65)ccc2n4C2=C4B3c3cc(C(C)(C)C)cc5c6cc(C(C)(C)C)ccc6n(c35)C4Cc3c2c2cccc4c5ccccc5c5ccccc5c5ccccc5n3c24)c([2H])c1[2H]. The molecule has 16 aromatic rings. The topological polar surface area (TPSA) is 19.2 Å². The summed E-state index contributed by atoms with van der Waals surface area (Å²) in [7, 11) is 0. The highest BCUT2D eigenvalue weighted by molar-refractivity contribution is 6.95. The van der Waals surface area contributed by atoms with E-state index in [1.165, 1.54) is 126 Å². The van der Waals surface area contributed by atoms with Crippen molar-refractivity contribution in [3.63, 3.8) is 0 Å². The summed E-state index contributed by atoms with van der Waals surface area (Å²) in [4.78, 5) is 0. The fraction of sp³-hybridized carbons (Fsp3) is 0.205. The molecule has 11 aromatic carbocycles. The molecule has 0 saturated heterocycles. The van der Waals surface area contributed by atoms with Crippen molar-refractivity contribution < 1.29 is 6.85 Å². The van der Waals surface area contributed by atoms with E-state index in [4.69, 9.17) is 1.37 Å². The minimum Gasteiger partial charge on any atom is -0.334 e. The lowest BCUT2D eigenvalue weighted by Crippen LogP contribution is -2.54. The lowest BCUT2D eigenvalue weighted by atomic mass is 9.31. The van der Waals surface area contributed by atoms with Gasteiger partial charge in [0.1, 0.15) is 0 Å². The zero-order valence-corrected chi connectivity index (χ0v) is 55.0. The second-order valence-corrected chi connectivity index (χ2v) is 31.3. The minimum atomic E-state index is -0.404. The highest BCUT2D eigenvalue weighted by Crippen LogP contribution is 2.55. The smallest absolute Gasteiger partial charge is 0.247 e. The number of aromatic nitrogens is 4. The van der Waals surface area contributed by atoms with E-state index in [-0.39, 0.29) is 64.1 Å². The molecule has 0 saturated carbocycles. The number of allylic oxidation sites excluding steroid dienone is 1. The molecule has 2 aliphatic heterocycles. The van der Waals surface area contributed by atoms with Crippen molar-refractivity contribution in [3.05, 3.63) is 257 Å². The van der Waals surface area contributed by atoms with E-state index in [1.807, 2.05) is 0 Å². The number of benzene rings is 11. The molecule has 0 bridgehead atoms. The van der Waals surface area contributed by atoms with Crippen LogP contribution < -0.4 is 10.9 Å². The summed E-state index contributed by atoms with van der Waals surface area (Å²) < 4.78 is 57.3. The lowest BCUT2D eigenvalue weighted by molar-refractivity contribution is 0.589. The molecule has 0 N–H and O–H groups in total. The average Bonchev–Trinajstić information content (AvgIpc) is 1.46. The Bertz CT molecular complexity index is 6360. The summed E-state index contributed by atoms with van der Waals surface area (Å²) in [5.41, 5.74) is 22.6. The van der Waals surface area contributed by atoms with Gasteiger partial charge in [0.05, 0.1) is 40.5 Å². The van der Waals surface area contributed by atoms with Crippen molar-refractivity contribution in [3.8, 4) is 16.8 Å². The highest BCUT2D eigenvalue weighted by atomic mass is 15.1. The van der Waals surface area contributed by atoms with Crippen LogP contribution in [0.1, 0.15) is 129 Å². The molecule has 19 rings (SSSR count). The first kappa shape index (κ1) is 49.8. The summed E-state index contributed by atoms with van der Waals surface area (Å²) in [6, 6.07) is 70.0. The average molecular weight is 1200 g/mol. The van der Waals surface area contributed by atoms with Crippen LogP contribution >= 0.6 is 0 Å². The largest absolute Gasteiger partial charge is 0.334 e. The summed E-state index contributed by atoms with van der Waals surface area (Å²) in [5, 5.41) is 15.1. The molecule has 450 valence electrons. The third kappa shape index (κ3) is 7.51. The third-order valence-electron chi connectivity index (χ3n) is 21.8. The summed E-state index contributed by atoms with van der Waals surface area (Å²) >= 11 is 0. The van der Waals surface area contributed by atoms with E-state index >= 15 is 0 Å². The first-order chi connectivity index (χ1) is 46.8. The van der Waals surface area contributed by atoms with Gasteiger partial charge in [0.15, 0.2) is 0 Å². The van der Waals surface area contributed by atoms with Gasteiger partial charge in [0, 0.05) is 94.1 Å². The first-order valence-electron chi connectivity index (χ1n) is 35.9. The summed E-state index contributed by atoms with van der Waals surface area (Å²) in [5.74, 6) is 0. The van der Waals surface area contributed by atoms with Crippen LogP contribution in [0.4, 0.5) is 0 Å². The van der Waals surface area contributed by atoms with Gasteiger partial charge in [-0.1, -0.05) is 229 Å². The molecule has 7 heterocycles. The van der Waals surface area contributed by atoms with E-state index in [0.717, 1.165) is 49.5 Å². The van der Waals surface area contributed by atoms with E-state index in [0.29, 0.717) is 12.0 Å². The molecular weight excluding hydrogens is 1120 g/mol. The van der Waals surface area contributed by atoms with Gasteiger partial charge in [0.2, 0.25) is 6.71 Å². The van der Waals surface area contributed by atoms with Gasteiger partial charge < -0.3 is 18.1 Å². The Morgan fingerprint density at radius 1 is 0.366 bits per heavy atom. The standard InChI is InChI=1S/C88H75BN4/c1-85(2,3)52-33-37-73-64(43-52)65-44-53(86(4,5)6)34-38-74(65)90(73)56-36-40-76-67(48-56)68-41-51(50-23-14-13-15-24-50)42-70-83(68)93(76)84-79-63-31-22-30-62-60-28-19-17-26-58(60)57-25-16-18-27-59(57)61-29-20-21-32-72(61)91(81(62)63)77(79)49-78-80(84)89(70)71-47-55(88(10,11)12)46-69-66-45-54(87(7,8)9)35-39-75(66)92(78)82(69)71/h13-48,78H,49H2,1-12H3/i13D,14D,15D,23D,24D. The van der Waals surface area contributed by atoms with Gasteiger partial charge in [-0.15, -0.1) is 0 Å². The normalized spacial score (nSPS) is 15.8. The number of rotatable bonds is 2. The molecule has 0 spiro atoms. The number of fused-ring (bicyclic) bond motifs is 24. The minimum absolute atomic E-state index is 0.0777. The van der Waals surface area contributed by atoms with E-state index in [2.05, 4.69) is 289 Å². The molecule has 93 heavy (non-hydrogen) atoms. The van der Waals surface area contributed by atoms with Crippen LogP contribution in [-0.4, -0.2) is 24.8 Å². The zero-order valence-electron chi connectivity index (χ0n) is 60.0. The van der Waals surface area contributed by atoms with Crippen LogP contribution in [0.5, 0.6) is 0 Å². The Balaban J connectivity index is 1.04. The van der Waals surface area contributed by atoms with Crippen molar-refractivity contribution in [1.82, 2.24) is 18.1 Å². The van der Waals surface area contributed by atoms with Crippen molar-refractivity contribution >= 4 is 137 Å². The lowest BCUT2D eigenvalue weighted by Gasteiger charge is -2.42. The maximum Gasteiger partial charge on any atom is 0.247 e. The maximum absolute atomic E-state index is 9.76. The van der Waals surface area contributed by atoms with Crippen molar-refractivity contribution in [2.24, 2.45) is 0 Å². The Hall–Kier alpha value is -9.84.